The van der Waals surface area contributed by atoms with Crippen molar-refractivity contribution in [2.24, 2.45) is 5.73 Å². The Morgan fingerprint density at radius 3 is 1.61 bits per heavy atom. The number of fused-ring (bicyclic) bond motifs is 8. The third-order valence-electron chi connectivity index (χ3n) is 13.7. The van der Waals surface area contributed by atoms with E-state index >= 15 is 0 Å². The van der Waals surface area contributed by atoms with E-state index < -0.39 is 78.4 Å². The van der Waals surface area contributed by atoms with Crippen molar-refractivity contribution in [2.45, 2.75) is 111 Å². The van der Waals surface area contributed by atoms with Crippen LogP contribution in [0.5, 0.6) is 11.5 Å². The molecule has 6 aromatic rings. The van der Waals surface area contributed by atoms with Crippen LogP contribution in [0.1, 0.15) is 94.4 Å². The van der Waals surface area contributed by atoms with Crippen LogP contribution in [0.25, 0.3) is 44.6 Å². The number of ether oxygens (including phenoxy) is 6. The van der Waals surface area contributed by atoms with Crippen molar-refractivity contribution in [2.75, 3.05) is 42.8 Å². The fraction of sp³-hybridized carbons (Fsp3) is 0.400. The molecule has 4 amide bonds. The number of unbranched alkanes of at least 4 members (excludes halogenated alkanes) is 1. The highest BCUT2D eigenvalue weighted by atomic mass is 33.1. The largest absolute Gasteiger partial charge is 0.513 e. The monoisotopic (exact) mass is 1280 g/mol. The van der Waals surface area contributed by atoms with Crippen LogP contribution in [0.2, 0.25) is 0 Å². The highest BCUT2D eigenvalue weighted by Gasteiger charge is 2.31. The topological polar surface area (TPSA) is 324 Å². The molecule has 6 heterocycles. The Morgan fingerprint density at radius 2 is 1.11 bits per heavy atom. The maximum Gasteiger partial charge on any atom is 0.513 e. The molecule has 0 saturated heterocycles. The van der Waals surface area contributed by atoms with Gasteiger partial charge >= 0.3 is 24.2 Å². The van der Waals surface area contributed by atoms with E-state index in [4.69, 9.17) is 44.1 Å². The molecule has 0 fully saturated rings. The Labute approximate surface area is 521 Å². The van der Waals surface area contributed by atoms with Crippen molar-refractivity contribution < 1.29 is 66.8 Å². The zero-order valence-electron chi connectivity index (χ0n) is 48.5. The van der Waals surface area contributed by atoms with Crippen LogP contribution < -0.4 is 42.3 Å². The van der Waals surface area contributed by atoms with Crippen molar-refractivity contribution in [3.8, 4) is 34.3 Å². The maximum absolute atomic E-state index is 13.8. The van der Waals surface area contributed by atoms with Gasteiger partial charge in [-0.2, -0.15) is 0 Å². The number of para-hydroxylation sites is 2. The minimum atomic E-state index is -1.11. The van der Waals surface area contributed by atoms with Crippen LogP contribution in [0.3, 0.4) is 0 Å². The Morgan fingerprint density at radius 1 is 0.614 bits per heavy atom. The smallest absolute Gasteiger partial charge is 0.460 e. The average molecular weight is 1280 g/mol. The number of amides is 4. The summed E-state index contributed by atoms with van der Waals surface area (Å²) < 4.78 is 35.5. The first-order valence-corrected chi connectivity index (χ1v) is 33.4. The molecule has 24 nitrogen and oxygen atoms in total. The van der Waals surface area contributed by atoms with E-state index in [-0.39, 0.29) is 92.0 Å². The fourth-order valence-electron chi connectivity index (χ4n) is 9.45. The van der Waals surface area contributed by atoms with Gasteiger partial charge in [0, 0.05) is 89.8 Å². The van der Waals surface area contributed by atoms with E-state index in [2.05, 4.69) is 16.0 Å². The second-order valence-corrected chi connectivity index (χ2v) is 25.5. The third-order valence-corrected chi connectivity index (χ3v) is 18.4. The maximum atomic E-state index is 13.8. The summed E-state index contributed by atoms with van der Waals surface area (Å²) in [6.45, 7) is 4.63. The predicted octanol–water partition coefficient (Wildman–Crippen LogP) is 7.50. The molecule has 0 radical (unpaired) electrons. The summed E-state index contributed by atoms with van der Waals surface area (Å²) in [5.74, 6) is -2.27. The summed E-state index contributed by atoms with van der Waals surface area (Å²) in [5.41, 5.74) is 9.65. The van der Waals surface area contributed by atoms with Crippen molar-refractivity contribution in [3.63, 3.8) is 0 Å². The number of nitrogens with two attached hydrogens (primary N) is 1. The Bertz CT molecular complexity index is 3730. The van der Waals surface area contributed by atoms with Gasteiger partial charge in [0.2, 0.25) is 23.6 Å². The molecular formula is C60H66N8O16S4. The SMILES string of the molecule is CCCC(=O)OCc1c(OC(=O)OCCSSCCC(=O)NCCCC[C@H](NC(=O)[C@H](CSSCCOC(=O)Oc2cc3n(c(=O)c2COC(=O)CCC)Cc2cc4ccccc4nc2-3)NC(C)=O)C(N)=O)cc2n(c1=O)Cc1cc3ccccc3nc1-2. The van der Waals surface area contributed by atoms with Crippen molar-refractivity contribution in [1.29, 1.82) is 0 Å². The molecule has 466 valence electrons. The second kappa shape index (κ2) is 32.2. The van der Waals surface area contributed by atoms with Crippen LogP contribution in [0.15, 0.2) is 82.4 Å². The standard InChI is InChI=1S/C60H66N8O16S4/c1-4-12-51(71)81-32-40-48(28-46-53-38(30-67(46)57(40)75)26-36-14-6-8-16-42(36)64-53)83-59(77)79-21-24-86-85-23-19-50(70)62-20-11-10-18-44(55(61)73)66-56(74)45(63-35(3)69)34-88-87-25-22-80-60(78)84-49-29-47-54-39(27-37-15-7-9-17-43(37)65-54)31-68(47)58(76)41(49)33-82-52(72)13-5-2/h6-9,14-17,26-29,44-45H,4-5,10-13,18-25,30-34H2,1-3H3,(H2,61,73)(H,62,70)(H,63,69)(H,66,74)/t44-,45-/m0/s1. The van der Waals surface area contributed by atoms with Crippen LogP contribution in [0, 0.1) is 0 Å². The van der Waals surface area contributed by atoms with Gasteiger partial charge < -0.3 is 59.2 Å². The molecule has 4 aromatic heterocycles. The van der Waals surface area contributed by atoms with Gasteiger partial charge in [-0.1, -0.05) is 93.4 Å². The number of benzene rings is 2. The van der Waals surface area contributed by atoms with Gasteiger partial charge in [0.1, 0.15) is 50.0 Å². The molecule has 8 rings (SSSR count). The number of hydrogen-bond donors (Lipinski definition) is 4. The molecule has 2 atom stereocenters. The molecule has 2 aliphatic heterocycles. The number of carbonyl (C=O) groups is 8. The number of rotatable bonds is 32. The number of nitrogens with zero attached hydrogens (tertiary/aromatic N) is 4. The highest BCUT2D eigenvalue weighted by molar-refractivity contribution is 8.77. The van der Waals surface area contributed by atoms with Crippen LogP contribution in [-0.4, -0.2) is 122 Å². The van der Waals surface area contributed by atoms with Crippen molar-refractivity contribution in [1.82, 2.24) is 35.1 Å². The summed E-state index contributed by atoms with van der Waals surface area (Å²) in [4.78, 5) is 138. The van der Waals surface area contributed by atoms with Gasteiger partial charge in [0.05, 0.1) is 58.0 Å². The number of carbonyl (C=O) groups excluding carboxylic acids is 8. The van der Waals surface area contributed by atoms with Crippen LogP contribution in [0.4, 0.5) is 9.59 Å². The highest BCUT2D eigenvalue weighted by Crippen LogP contribution is 2.37. The summed E-state index contributed by atoms with van der Waals surface area (Å²) in [6, 6.07) is 19.9. The van der Waals surface area contributed by atoms with Gasteiger partial charge in [-0.3, -0.25) is 38.4 Å². The van der Waals surface area contributed by atoms with Gasteiger partial charge in [0.15, 0.2) is 0 Å². The van der Waals surface area contributed by atoms with Gasteiger partial charge in [0.25, 0.3) is 11.1 Å². The summed E-state index contributed by atoms with van der Waals surface area (Å²) in [6.07, 6.45) is 0.467. The minimum absolute atomic E-state index is 0.0108. The molecule has 0 aliphatic carbocycles. The number of hydrogen-bond acceptors (Lipinski definition) is 22. The zero-order chi connectivity index (χ0) is 62.7. The van der Waals surface area contributed by atoms with Crippen molar-refractivity contribution in [3.05, 3.63) is 116 Å². The number of primary amides is 1. The lowest BCUT2D eigenvalue weighted by atomic mass is 10.1. The molecular weight excluding hydrogens is 1220 g/mol. The molecule has 0 saturated carbocycles. The molecule has 2 aromatic carbocycles. The van der Waals surface area contributed by atoms with E-state index in [1.54, 1.807) is 0 Å². The first-order valence-electron chi connectivity index (χ1n) is 28.5. The normalized spacial score (nSPS) is 12.4. The minimum Gasteiger partial charge on any atom is -0.460 e. The van der Waals surface area contributed by atoms with Gasteiger partial charge in [-0.25, -0.2) is 19.6 Å². The van der Waals surface area contributed by atoms with E-state index in [1.165, 1.54) is 71.4 Å². The summed E-state index contributed by atoms with van der Waals surface area (Å²) in [5, 5.41) is 9.83. The van der Waals surface area contributed by atoms with E-state index in [9.17, 15) is 47.9 Å². The van der Waals surface area contributed by atoms with Crippen LogP contribution in [-0.2, 0) is 74.0 Å². The lowest BCUT2D eigenvalue weighted by Crippen LogP contribution is -2.53. The Balaban J connectivity index is 0.707. The van der Waals surface area contributed by atoms with E-state index in [0.717, 1.165) is 27.4 Å². The van der Waals surface area contributed by atoms with Gasteiger partial charge in [-0.05, 0) is 56.4 Å². The number of aromatic nitrogens is 4. The molecule has 0 spiro atoms. The number of pyridine rings is 4. The van der Waals surface area contributed by atoms with Gasteiger partial charge in [-0.15, -0.1) is 0 Å². The van der Waals surface area contributed by atoms with Crippen molar-refractivity contribution >= 4 is 113 Å². The predicted molar refractivity (Wildman–Crippen MR) is 334 cm³/mol. The molecule has 88 heavy (non-hydrogen) atoms. The molecule has 0 unspecified atom stereocenters. The first kappa shape index (κ1) is 65.9. The summed E-state index contributed by atoms with van der Waals surface area (Å²) in [7, 11) is 5.21. The van der Waals surface area contributed by atoms with Crippen LogP contribution >= 0.6 is 43.2 Å². The Hall–Kier alpha value is -8.08. The lowest BCUT2D eigenvalue weighted by molar-refractivity contribution is -0.146. The lowest BCUT2D eigenvalue weighted by Gasteiger charge is -2.21. The quantitative estimate of drug-likeness (QED) is 0.0137. The number of esters is 2. The Kier molecular flexibility index (Phi) is 24.1. The fourth-order valence-corrected chi connectivity index (χ4v) is 13.3. The molecule has 0 bridgehead atoms. The van der Waals surface area contributed by atoms with E-state index in [1.807, 2.05) is 74.5 Å². The third kappa shape index (κ3) is 17.8. The average Bonchev–Trinajstić information content (AvgIpc) is 1.84. The first-order chi connectivity index (χ1) is 42.5. The second-order valence-electron chi connectivity index (χ2n) is 20.2. The molecule has 28 heteroatoms. The number of nitrogens with one attached hydrogen (secondary N) is 3. The van der Waals surface area contributed by atoms with E-state index in [0.29, 0.717) is 72.0 Å². The zero-order valence-corrected chi connectivity index (χ0v) is 51.8. The molecule has 2 aliphatic rings. The summed E-state index contributed by atoms with van der Waals surface area (Å²) >= 11 is 0. The molecule has 5 N–H and O–H groups in total.